The fraction of sp³-hybridized carbons (Fsp3) is 0.179. The molecule has 0 saturated carbocycles. The first-order valence-electron chi connectivity index (χ1n) is 12.3. The van der Waals surface area contributed by atoms with Gasteiger partial charge in [-0.05, 0) is 37.1 Å². The molecule has 9 heteroatoms. The highest BCUT2D eigenvalue weighted by Gasteiger charge is 2.18. The van der Waals surface area contributed by atoms with E-state index in [1.54, 1.807) is 18.5 Å². The van der Waals surface area contributed by atoms with Gasteiger partial charge in [-0.2, -0.15) is 4.98 Å². The van der Waals surface area contributed by atoms with Crippen molar-refractivity contribution in [3.63, 3.8) is 0 Å². The van der Waals surface area contributed by atoms with E-state index in [0.29, 0.717) is 39.6 Å². The molecule has 1 saturated heterocycles. The Balaban J connectivity index is 1.28. The molecule has 0 bridgehead atoms. The van der Waals surface area contributed by atoms with Crippen LogP contribution in [0.1, 0.15) is 28.8 Å². The Hall–Kier alpha value is -4.63. The van der Waals surface area contributed by atoms with Gasteiger partial charge in [0, 0.05) is 47.7 Å². The van der Waals surface area contributed by atoms with Gasteiger partial charge in [0.05, 0.1) is 6.33 Å². The Kier molecular flexibility index (Phi) is 6.03. The Morgan fingerprint density at radius 3 is 2.54 bits per heavy atom. The molecule has 0 unspecified atom stereocenters. The second-order valence-corrected chi connectivity index (χ2v) is 9.13. The van der Waals surface area contributed by atoms with E-state index in [9.17, 15) is 4.79 Å². The maximum absolute atomic E-state index is 12.9. The molecule has 1 fully saturated rings. The van der Waals surface area contributed by atoms with E-state index in [0.717, 1.165) is 37.3 Å². The number of fused-ring (bicyclic) bond motifs is 1. The summed E-state index contributed by atoms with van der Waals surface area (Å²) in [5, 5.41) is 3.25. The number of nitrogens with zero attached hydrogens (tertiary/aromatic N) is 5. The van der Waals surface area contributed by atoms with Crippen LogP contribution in [0.25, 0.3) is 22.4 Å². The average molecular weight is 491 g/mol. The van der Waals surface area contributed by atoms with Crippen molar-refractivity contribution in [3.05, 3.63) is 90.4 Å². The SMILES string of the molecule is NC1CCN(c2ccc(-c3nc(Nc4cccc(C(=O)c5ccccc5)c4)nc4[nH]cnc34)cn2)CC1. The molecule has 4 N–H and O–H groups in total. The Morgan fingerprint density at radius 2 is 1.76 bits per heavy atom. The third kappa shape index (κ3) is 4.76. The molecule has 37 heavy (non-hydrogen) atoms. The third-order valence-corrected chi connectivity index (χ3v) is 6.58. The van der Waals surface area contributed by atoms with Crippen LogP contribution in [0.15, 0.2) is 79.3 Å². The summed E-state index contributed by atoms with van der Waals surface area (Å²) in [6.45, 7) is 1.81. The summed E-state index contributed by atoms with van der Waals surface area (Å²) in [5.41, 5.74) is 10.8. The fourth-order valence-corrected chi connectivity index (χ4v) is 4.56. The van der Waals surface area contributed by atoms with Crippen molar-refractivity contribution >= 4 is 34.4 Å². The van der Waals surface area contributed by atoms with E-state index in [1.165, 1.54) is 0 Å². The third-order valence-electron chi connectivity index (χ3n) is 6.58. The summed E-state index contributed by atoms with van der Waals surface area (Å²) in [5.74, 6) is 1.28. The summed E-state index contributed by atoms with van der Waals surface area (Å²) in [4.78, 5) is 36.7. The van der Waals surface area contributed by atoms with Crippen LogP contribution in [-0.4, -0.2) is 49.8 Å². The number of H-pyrrole nitrogens is 1. The molecule has 5 aromatic rings. The topological polar surface area (TPSA) is 126 Å². The molecule has 184 valence electrons. The van der Waals surface area contributed by atoms with E-state index < -0.39 is 0 Å². The lowest BCUT2D eigenvalue weighted by atomic mass is 10.0. The summed E-state index contributed by atoms with van der Waals surface area (Å²) in [6, 6.07) is 20.8. The molecule has 4 heterocycles. The van der Waals surface area contributed by atoms with Crippen molar-refractivity contribution in [3.8, 4) is 11.3 Å². The Labute approximate surface area is 213 Å². The van der Waals surface area contributed by atoms with Gasteiger partial charge in [0.25, 0.3) is 0 Å². The highest BCUT2D eigenvalue weighted by atomic mass is 16.1. The minimum atomic E-state index is -0.0447. The van der Waals surface area contributed by atoms with Crippen LogP contribution in [0.2, 0.25) is 0 Å². The van der Waals surface area contributed by atoms with Crippen LogP contribution >= 0.6 is 0 Å². The number of pyridine rings is 1. The number of hydrogen-bond donors (Lipinski definition) is 3. The van der Waals surface area contributed by atoms with Crippen molar-refractivity contribution < 1.29 is 4.79 Å². The molecule has 6 rings (SSSR count). The van der Waals surface area contributed by atoms with Crippen molar-refractivity contribution in [2.24, 2.45) is 5.73 Å². The normalized spacial score (nSPS) is 14.1. The lowest BCUT2D eigenvalue weighted by molar-refractivity contribution is 0.103. The number of carbonyl (C=O) groups excluding carboxylic acids is 1. The highest BCUT2D eigenvalue weighted by Crippen LogP contribution is 2.28. The summed E-state index contributed by atoms with van der Waals surface area (Å²) in [7, 11) is 0. The fourth-order valence-electron chi connectivity index (χ4n) is 4.56. The van der Waals surface area contributed by atoms with Crippen LogP contribution in [0.3, 0.4) is 0 Å². The molecular weight excluding hydrogens is 464 g/mol. The van der Waals surface area contributed by atoms with Gasteiger partial charge in [-0.3, -0.25) is 4.79 Å². The second-order valence-electron chi connectivity index (χ2n) is 9.13. The van der Waals surface area contributed by atoms with Gasteiger partial charge in [-0.25, -0.2) is 15.0 Å². The molecule has 1 aliphatic rings. The minimum absolute atomic E-state index is 0.0447. The number of aromatic amines is 1. The quantitative estimate of drug-likeness (QED) is 0.301. The summed E-state index contributed by atoms with van der Waals surface area (Å²) >= 11 is 0. The molecule has 2 aromatic carbocycles. The predicted octanol–water partition coefficient (Wildman–Crippen LogP) is 4.32. The van der Waals surface area contributed by atoms with Crippen LogP contribution in [0.4, 0.5) is 17.5 Å². The first-order chi connectivity index (χ1) is 18.1. The zero-order valence-corrected chi connectivity index (χ0v) is 20.1. The summed E-state index contributed by atoms with van der Waals surface area (Å²) < 4.78 is 0. The molecule has 0 radical (unpaired) electrons. The van der Waals surface area contributed by atoms with Gasteiger partial charge in [0.1, 0.15) is 17.0 Å². The number of benzene rings is 2. The Morgan fingerprint density at radius 1 is 0.946 bits per heavy atom. The largest absolute Gasteiger partial charge is 0.357 e. The molecule has 0 aliphatic carbocycles. The van der Waals surface area contributed by atoms with Crippen LogP contribution in [0.5, 0.6) is 0 Å². The minimum Gasteiger partial charge on any atom is -0.357 e. The van der Waals surface area contributed by atoms with Gasteiger partial charge in [-0.15, -0.1) is 0 Å². The molecule has 9 nitrogen and oxygen atoms in total. The number of piperidine rings is 1. The molecule has 0 amide bonds. The van der Waals surface area contributed by atoms with Gasteiger partial charge in [0.2, 0.25) is 5.95 Å². The van der Waals surface area contributed by atoms with Crippen molar-refractivity contribution in [2.75, 3.05) is 23.3 Å². The number of aromatic nitrogens is 5. The van der Waals surface area contributed by atoms with E-state index in [-0.39, 0.29) is 11.8 Å². The average Bonchev–Trinajstić information content (AvgIpc) is 3.42. The van der Waals surface area contributed by atoms with Crippen molar-refractivity contribution in [1.29, 1.82) is 0 Å². The van der Waals surface area contributed by atoms with Crippen LogP contribution in [0, 0.1) is 0 Å². The van der Waals surface area contributed by atoms with Gasteiger partial charge in [0.15, 0.2) is 11.4 Å². The number of nitrogens with one attached hydrogen (secondary N) is 2. The lowest BCUT2D eigenvalue weighted by Gasteiger charge is -2.31. The monoisotopic (exact) mass is 490 g/mol. The van der Waals surface area contributed by atoms with E-state index in [2.05, 4.69) is 25.2 Å². The lowest BCUT2D eigenvalue weighted by Crippen LogP contribution is -2.40. The highest BCUT2D eigenvalue weighted by molar-refractivity contribution is 6.09. The number of imidazole rings is 1. The number of nitrogens with two attached hydrogens (primary N) is 1. The molecular formula is C28H26N8O. The number of anilines is 3. The number of ketones is 1. The van der Waals surface area contributed by atoms with Gasteiger partial charge in [-0.1, -0.05) is 42.5 Å². The zero-order valence-electron chi connectivity index (χ0n) is 20.1. The standard InChI is InChI=1S/C28H26N8O/c29-21-11-13-36(14-12-21)23-10-9-20(16-30-23)24-25-27(32-17-31-25)35-28(34-24)33-22-8-4-7-19(15-22)26(37)18-5-2-1-3-6-18/h1-10,15-17,21H,11-14,29H2,(H2,31,32,33,34,35). The maximum Gasteiger partial charge on any atom is 0.229 e. The Bertz CT molecular complexity index is 1540. The van der Waals surface area contributed by atoms with Crippen LogP contribution < -0.4 is 16.0 Å². The first-order valence-corrected chi connectivity index (χ1v) is 12.3. The molecule has 0 spiro atoms. The van der Waals surface area contributed by atoms with Gasteiger partial charge < -0.3 is 20.9 Å². The van der Waals surface area contributed by atoms with Gasteiger partial charge >= 0.3 is 0 Å². The number of rotatable bonds is 6. The van der Waals surface area contributed by atoms with Crippen LogP contribution in [-0.2, 0) is 0 Å². The molecule has 3 aromatic heterocycles. The number of carbonyl (C=O) groups is 1. The summed E-state index contributed by atoms with van der Waals surface area (Å²) in [6.07, 6.45) is 5.36. The predicted molar refractivity (Wildman–Crippen MR) is 144 cm³/mol. The smallest absolute Gasteiger partial charge is 0.229 e. The van der Waals surface area contributed by atoms with E-state index in [1.807, 2.05) is 60.8 Å². The van der Waals surface area contributed by atoms with Crippen molar-refractivity contribution in [2.45, 2.75) is 18.9 Å². The maximum atomic E-state index is 12.9. The zero-order chi connectivity index (χ0) is 25.2. The van der Waals surface area contributed by atoms with Crippen molar-refractivity contribution in [1.82, 2.24) is 24.9 Å². The van der Waals surface area contributed by atoms with E-state index in [4.69, 9.17) is 15.7 Å². The first kappa shape index (κ1) is 22.8. The molecule has 1 aliphatic heterocycles. The molecule has 0 atom stereocenters. The van der Waals surface area contributed by atoms with E-state index >= 15 is 0 Å². The second kappa shape index (κ2) is 9.79. The number of hydrogen-bond acceptors (Lipinski definition) is 8.